The molecule has 4 nitrogen and oxygen atoms in total. The molecule has 0 saturated heterocycles. The first-order chi connectivity index (χ1) is 9.19. The minimum Gasteiger partial charge on any atom is -0.305 e. The highest BCUT2D eigenvalue weighted by molar-refractivity contribution is 5.77. The van der Waals surface area contributed by atoms with Crippen LogP contribution < -0.4 is 5.69 Å². The molecule has 19 heavy (non-hydrogen) atoms. The molecule has 0 amide bonds. The summed E-state index contributed by atoms with van der Waals surface area (Å²) in [4.78, 5) is 15.0. The molecule has 0 radical (unpaired) electrons. The fourth-order valence-electron chi connectivity index (χ4n) is 3.06. The van der Waals surface area contributed by atoms with Gasteiger partial charge in [0.25, 0.3) is 0 Å². The maximum absolute atomic E-state index is 12.1. The lowest BCUT2D eigenvalue weighted by atomic mass is 9.87. The van der Waals surface area contributed by atoms with Crippen LogP contribution in [-0.4, -0.2) is 9.55 Å². The molecule has 4 heteroatoms. The Labute approximate surface area is 111 Å². The Kier molecular flexibility index (Phi) is 2.90. The SMILES string of the molecule is CC1CCC(n2c(=O)[nH]c3cc(C#N)ccc32)CC1. The Hall–Kier alpha value is -2.02. The summed E-state index contributed by atoms with van der Waals surface area (Å²) in [7, 11) is 0. The van der Waals surface area contributed by atoms with E-state index in [-0.39, 0.29) is 5.69 Å². The second kappa shape index (κ2) is 4.58. The summed E-state index contributed by atoms with van der Waals surface area (Å²) < 4.78 is 1.88. The van der Waals surface area contributed by atoms with Crippen LogP contribution in [0.25, 0.3) is 11.0 Å². The molecular weight excluding hydrogens is 238 g/mol. The summed E-state index contributed by atoms with van der Waals surface area (Å²) in [6, 6.07) is 7.80. The highest BCUT2D eigenvalue weighted by atomic mass is 16.1. The first-order valence-electron chi connectivity index (χ1n) is 6.83. The number of aromatic nitrogens is 2. The molecule has 0 unspecified atom stereocenters. The van der Waals surface area contributed by atoms with Gasteiger partial charge in [0.1, 0.15) is 0 Å². The minimum absolute atomic E-state index is 0.0513. The van der Waals surface area contributed by atoms with Gasteiger partial charge in [0.15, 0.2) is 0 Å². The molecule has 0 atom stereocenters. The van der Waals surface area contributed by atoms with Gasteiger partial charge in [-0.25, -0.2) is 4.79 Å². The standard InChI is InChI=1S/C15H17N3O/c1-10-2-5-12(6-3-10)18-14-7-4-11(9-16)8-13(14)17-15(18)19/h4,7-8,10,12H,2-3,5-6H2,1H3,(H,17,19). The van der Waals surface area contributed by atoms with Crippen molar-refractivity contribution < 1.29 is 0 Å². The van der Waals surface area contributed by atoms with Gasteiger partial charge in [-0.1, -0.05) is 6.92 Å². The van der Waals surface area contributed by atoms with Crippen molar-refractivity contribution >= 4 is 11.0 Å². The van der Waals surface area contributed by atoms with Crippen LogP contribution in [-0.2, 0) is 0 Å². The summed E-state index contributed by atoms with van der Waals surface area (Å²) in [5, 5.41) is 8.90. The molecule has 1 fully saturated rings. The number of aromatic amines is 1. The van der Waals surface area contributed by atoms with Gasteiger partial charge in [0.05, 0.1) is 22.7 Å². The van der Waals surface area contributed by atoms with E-state index in [0.717, 1.165) is 29.8 Å². The van der Waals surface area contributed by atoms with E-state index in [2.05, 4.69) is 18.0 Å². The lowest BCUT2D eigenvalue weighted by Crippen LogP contribution is -2.25. The van der Waals surface area contributed by atoms with Gasteiger partial charge < -0.3 is 4.98 Å². The van der Waals surface area contributed by atoms with Crippen molar-refractivity contribution in [1.82, 2.24) is 9.55 Å². The van der Waals surface area contributed by atoms with Crippen LogP contribution in [0, 0.1) is 17.2 Å². The number of hydrogen-bond acceptors (Lipinski definition) is 2. The Morgan fingerprint density at radius 2 is 2.05 bits per heavy atom. The highest BCUT2D eigenvalue weighted by Gasteiger charge is 2.22. The van der Waals surface area contributed by atoms with Crippen LogP contribution in [0.3, 0.4) is 0 Å². The Bertz CT molecular complexity index is 696. The first kappa shape index (κ1) is 12.0. The Morgan fingerprint density at radius 3 is 2.74 bits per heavy atom. The van der Waals surface area contributed by atoms with E-state index in [1.54, 1.807) is 12.1 Å². The number of benzene rings is 1. The fourth-order valence-corrected chi connectivity index (χ4v) is 3.06. The van der Waals surface area contributed by atoms with Gasteiger partial charge in [-0.15, -0.1) is 0 Å². The number of nitrogens with zero attached hydrogens (tertiary/aromatic N) is 2. The van der Waals surface area contributed by atoms with Crippen molar-refractivity contribution in [2.45, 2.75) is 38.6 Å². The van der Waals surface area contributed by atoms with E-state index in [9.17, 15) is 4.79 Å². The number of imidazole rings is 1. The molecule has 0 spiro atoms. The van der Waals surface area contributed by atoms with Gasteiger partial charge in [0.2, 0.25) is 0 Å². The Balaban J connectivity index is 2.06. The third kappa shape index (κ3) is 2.06. The van der Waals surface area contributed by atoms with E-state index >= 15 is 0 Å². The number of nitrogens with one attached hydrogen (secondary N) is 1. The number of H-pyrrole nitrogens is 1. The molecule has 0 bridgehead atoms. The summed E-state index contributed by atoms with van der Waals surface area (Å²) in [6.07, 6.45) is 4.49. The van der Waals surface area contributed by atoms with Crippen LogP contribution in [0.1, 0.15) is 44.2 Å². The van der Waals surface area contributed by atoms with Crippen molar-refractivity contribution in [3.05, 3.63) is 34.2 Å². The smallest absolute Gasteiger partial charge is 0.305 e. The molecule has 1 saturated carbocycles. The lowest BCUT2D eigenvalue weighted by Gasteiger charge is -2.27. The molecule has 1 aromatic heterocycles. The largest absolute Gasteiger partial charge is 0.326 e. The van der Waals surface area contributed by atoms with Crippen LogP contribution in [0.5, 0.6) is 0 Å². The van der Waals surface area contributed by atoms with Gasteiger partial charge in [0, 0.05) is 6.04 Å². The topological polar surface area (TPSA) is 61.6 Å². The molecule has 1 aromatic carbocycles. The first-order valence-corrected chi connectivity index (χ1v) is 6.83. The maximum Gasteiger partial charge on any atom is 0.326 e. The molecule has 3 rings (SSSR count). The molecule has 1 heterocycles. The van der Waals surface area contributed by atoms with Crippen LogP contribution >= 0.6 is 0 Å². The normalized spacial score (nSPS) is 23.4. The lowest BCUT2D eigenvalue weighted by molar-refractivity contribution is 0.290. The molecule has 1 aliphatic rings. The second-order valence-corrected chi connectivity index (χ2v) is 5.56. The van der Waals surface area contributed by atoms with Crippen molar-refractivity contribution in [1.29, 1.82) is 5.26 Å². The Morgan fingerprint density at radius 1 is 1.32 bits per heavy atom. The summed E-state index contributed by atoms with van der Waals surface area (Å²) in [5.74, 6) is 0.766. The average molecular weight is 255 g/mol. The number of hydrogen-bond donors (Lipinski definition) is 1. The minimum atomic E-state index is -0.0513. The molecule has 0 aliphatic heterocycles. The number of rotatable bonds is 1. The van der Waals surface area contributed by atoms with Gasteiger partial charge in [-0.2, -0.15) is 5.26 Å². The van der Waals surface area contributed by atoms with E-state index in [4.69, 9.17) is 5.26 Å². The fraction of sp³-hybridized carbons (Fsp3) is 0.467. The molecule has 1 N–H and O–H groups in total. The number of fused-ring (bicyclic) bond motifs is 1. The maximum atomic E-state index is 12.1. The van der Waals surface area contributed by atoms with Crippen LogP contribution in [0.2, 0.25) is 0 Å². The van der Waals surface area contributed by atoms with Crippen molar-refractivity contribution in [2.75, 3.05) is 0 Å². The quantitative estimate of drug-likeness (QED) is 0.851. The van der Waals surface area contributed by atoms with E-state index in [1.165, 1.54) is 12.8 Å². The van der Waals surface area contributed by atoms with E-state index < -0.39 is 0 Å². The van der Waals surface area contributed by atoms with Crippen molar-refractivity contribution in [3.8, 4) is 6.07 Å². The highest BCUT2D eigenvalue weighted by Crippen LogP contribution is 2.32. The number of nitriles is 1. The molecule has 1 aliphatic carbocycles. The predicted octanol–water partition coefficient (Wildman–Crippen LogP) is 2.95. The summed E-state index contributed by atoms with van der Waals surface area (Å²) in [6.45, 7) is 2.27. The summed E-state index contributed by atoms with van der Waals surface area (Å²) >= 11 is 0. The monoisotopic (exact) mass is 255 g/mol. The van der Waals surface area contributed by atoms with Gasteiger partial charge >= 0.3 is 5.69 Å². The van der Waals surface area contributed by atoms with Crippen molar-refractivity contribution in [2.24, 2.45) is 5.92 Å². The molecular formula is C15H17N3O. The van der Waals surface area contributed by atoms with Crippen molar-refractivity contribution in [3.63, 3.8) is 0 Å². The molecule has 98 valence electrons. The zero-order valence-electron chi connectivity index (χ0n) is 11.0. The average Bonchev–Trinajstić information content (AvgIpc) is 2.74. The molecule has 2 aromatic rings. The van der Waals surface area contributed by atoms with Crippen LogP contribution in [0.15, 0.2) is 23.0 Å². The predicted molar refractivity (Wildman–Crippen MR) is 73.9 cm³/mol. The van der Waals surface area contributed by atoms with Crippen LogP contribution in [0.4, 0.5) is 0 Å². The van der Waals surface area contributed by atoms with E-state index in [0.29, 0.717) is 11.6 Å². The second-order valence-electron chi connectivity index (χ2n) is 5.56. The van der Waals surface area contributed by atoms with E-state index in [1.807, 2.05) is 10.6 Å². The van der Waals surface area contributed by atoms with Gasteiger partial charge in [-0.05, 0) is 49.8 Å². The zero-order valence-corrected chi connectivity index (χ0v) is 11.0. The summed E-state index contributed by atoms with van der Waals surface area (Å²) in [5.41, 5.74) is 2.22. The van der Waals surface area contributed by atoms with Gasteiger partial charge in [-0.3, -0.25) is 4.57 Å². The third-order valence-electron chi connectivity index (χ3n) is 4.20. The third-order valence-corrected chi connectivity index (χ3v) is 4.20. The zero-order chi connectivity index (χ0) is 13.4.